The van der Waals surface area contributed by atoms with Gasteiger partial charge < -0.3 is 20.4 Å². The van der Waals surface area contributed by atoms with E-state index in [1.54, 1.807) is 6.33 Å². The summed E-state index contributed by atoms with van der Waals surface area (Å²) in [6.07, 6.45) is 6.12. The lowest BCUT2D eigenvalue weighted by Gasteiger charge is -2.41. The van der Waals surface area contributed by atoms with Crippen molar-refractivity contribution in [3.05, 3.63) is 66.7 Å². The SMILES string of the molecule is CN1CCN(C2CCC(n3nc(-c4cccc(NCc5cc6ccccc6o5)c4)c4c(N)ncnc43)CC2)CC1. The topological polar surface area (TPSA) is 101 Å². The van der Waals surface area contributed by atoms with Crippen molar-refractivity contribution in [1.29, 1.82) is 0 Å². The zero-order valence-electron chi connectivity index (χ0n) is 23.0. The van der Waals surface area contributed by atoms with Crippen LogP contribution in [0, 0.1) is 0 Å². The number of para-hydroxylation sites is 1. The molecule has 0 radical (unpaired) electrons. The molecule has 1 aliphatic carbocycles. The van der Waals surface area contributed by atoms with Gasteiger partial charge in [0, 0.05) is 48.9 Å². The van der Waals surface area contributed by atoms with Crippen molar-refractivity contribution in [2.24, 2.45) is 0 Å². The van der Waals surface area contributed by atoms with Crippen LogP contribution in [0.3, 0.4) is 0 Å². The Hall–Kier alpha value is -3.95. The smallest absolute Gasteiger partial charge is 0.164 e. The number of piperazine rings is 1. The van der Waals surface area contributed by atoms with Gasteiger partial charge in [-0.2, -0.15) is 5.10 Å². The number of anilines is 2. The number of nitrogens with one attached hydrogen (secondary N) is 1. The van der Waals surface area contributed by atoms with E-state index in [4.69, 9.17) is 15.2 Å². The molecule has 0 unspecified atom stereocenters. The van der Waals surface area contributed by atoms with Crippen molar-refractivity contribution in [2.75, 3.05) is 44.3 Å². The third-order valence-electron chi connectivity index (χ3n) is 8.66. The second-order valence-electron chi connectivity index (χ2n) is 11.2. The molecule has 206 valence electrons. The number of aromatic nitrogens is 4. The molecule has 0 amide bonds. The van der Waals surface area contributed by atoms with Gasteiger partial charge in [0.1, 0.15) is 29.2 Å². The van der Waals surface area contributed by atoms with Crippen LogP contribution in [0.15, 0.2) is 65.3 Å². The highest BCUT2D eigenvalue weighted by atomic mass is 16.3. The molecular weight excluding hydrogens is 500 g/mol. The first-order chi connectivity index (χ1) is 19.6. The molecule has 0 spiro atoms. The van der Waals surface area contributed by atoms with E-state index in [0.29, 0.717) is 24.4 Å². The van der Waals surface area contributed by atoms with Crippen molar-refractivity contribution in [3.63, 3.8) is 0 Å². The molecule has 0 bridgehead atoms. The Labute approximate surface area is 234 Å². The van der Waals surface area contributed by atoms with E-state index >= 15 is 0 Å². The summed E-state index contributed by atoms with van der Waals surface area (Å²) in [7, 11) is 2.22. The van der Waals surface area contributed by atoms with E-state index in [-0.39, 0.29) is 0 Å². The Balaban J connectivity index is 1.12. The van der Waals surface area contributed by atoms with Crippen molar-refractivity contribution in [1.82, 2.24) is 29.5 Å². The molecule has 1 saturated carbocycles. The van der Waals surface area contributed by atoms with Gasteiger partial charge in [-0.15, -0.1) is 0 Å². The predicted molar refractivity (Wildman–Crippen MR) is 159 cm³/mol. The summed E-state index contributed by atoms with van der Waals surface area (Å²) in [6, 6.07) is 19.4. The number of nitrogens with two attached hydrogens (primary N) is 1. The van der Waals surface area contributed by atoms with Crippen molar-refractivity contribution < 1.29 is 4.42 Å². The molecule has 5 aromatic rings. The number of nitrogens with zero attached hydrogens (tertiary/aromatic N) is 6. The van der Waals surface area contributed by atoms with Gasteiger partial charge in [-0.25, -0.2) is 14.6 Å². The molecule has 40 heavy (non-hydrogen) atoms. The third kappa shape index (κ3) is 4.80. The Kier molecular flexibility index (Phi) is 6.61. The first-order valence-electron chi connectivity index (χ1n) is 14.4. The number of hydrogen-bond donors (Lipinski definition) is 2. The first kappa shape index (κ1) is 25.0. The molecule has 9 nitrogen and oxygen atoms in total. The van der Waals surface area contributed by atoms with Crippen LogP contribution >= 0.6 is 0 Å². The minimum absolute atomic E-state index is 0.309. The van der Waals surface area contributed by atoms with Crippen LogP contribution < -0.4 is 11.1 Å². The minimum Gasteiger partial charge on any atom is -0.459 e. The fraction of sp³-hybridized carbons (Fsp3) is 0.387. The zero-order chi connectivity index (χ0) is 27.1. The molecule has 1 aliphatic heterocycles. The minimum atomic E-state index is 0.309. The molecule has 2 fully saturated rings. The molecule has 3 N–H and O–H groups in total. The normalized spacial score (nSPS) is 20.8. The van der Waals surface area contributed by atoms with Crippen LogP contribution in [0.25, 0.3) is 33.3 Å². The van der Waals surface area contributed by atoms with Crippen LogP contribution in [0.1, 0.15) is 37.5 Å². The summed E-state index contributed by atoms with van der Waals surface area (Å²) in [6.45, 7) is 5.26. The molecule has 9 heteroatoms. The van der Waals surface area contributed by atoms with Gasteiger partial charge in [-0.3, -0.25) is 4.90 Å². The quantitative estimate of drug-likeness (QED) is 0.307. The van der Waals surface area contributed by atoms with Gasteiger partial charge in [0.25, 0.3) is 0 Å². The Bertz CT molecular complexity index is 1590. The van der Waals surface area contributed by atoms with E-state index in [2.05, 4.69) is 67.1 Å². The number of fused-ring (bicyclic) bond motifs is 2. The monoisotopic (exact) mass is 536 g/mol. The van der Waals surface area contributed by atoms with E-state index in [1.807, 2.05) is 24.3 Å². The van der Waals surface area contributed by atoms with E-state index in [9.17, 15) is 0 Å². The summed E-state index contributed by atoms with van der Waals surface area (Å²) >= 11 is 0. The zero-order valence-corrected chi connectivity index (χ0v) is 23.0. The number of nitrogen functional groups attached to an aromatic ring is 1. The molecule has 7 rings (SSSR count). The number of likely N-dealkylation sites (N-methyl/N-ethyl adjacent to an activating group) is 1. The maximum Gasteiger partial charge on any atom is 0.164 e. The van der Waals surface area contributed by atoms with Gasteiger partial charge in [-0.1, -0.05) is 30.3 Å². The van der Waals surface area contributed by atoms with Crippen LogP contribution in [0.2, 0.25) is 0 Å². The van der Waals surface area contributed by atoms with Crippen molar-refractivity contribution in [3.8, 4) is 11.3 Å². The molecule has 2 aliphatic rings. The predicted octanol–water partition coefficient (Wildman–Crippen LogP) is 5.16. The van der Waals surface area contributed by atoms with E-state index in [1.165, 1.54) is 25.9 Å². The third-order valence-corrected chi connectivity index (χ3v) is 8.66. The fourth-order valence-electron chi connectivity index (χ4n) is 6.40. The Morgan fingerprint density at radius 3 is 2.55 bits per heavy atom. The molecule has 2 aromatic carbocycles. The lowest BCUT2D eigenvalue weighted by Crippen LogP contribution is -2.49. The van der Waals surface area contributed by atoms with Gasteiger partial charge in [0.05, 0.1) is 18.0 Å². The van der Waals surface area contributed by atoms with Gasteiger partial charge in [0.2, 0.25) is 0 Å². The summed E-state index contributed by atoms with van der Waals surface area (Å²) in [5.41, 5.74) is 11.0. The number of hydrogen-bond acceptors (Lipinski definition) is 8. The average Bonchev–Trinajstić information content (AvgIpc) is 3.59. The summed E-state index contributed by atoms with van der Waals surface area (Å²) in [4.78, 5) is 14.1. The van der Waals surface area contributed by atoms with Crippen LogP contribution in [-0.2, 0) is 6.54 Å². The second-order valence-corrected chi connectivity index (χ2v) is 11.2. The summed E-state index contributed by atoms with van der Waals surface area (Å²) in [5.74, 6) is 1.36. The number of rotatable bonds is 6. The number of furan rings is 1. The highest BCUT2D eigenvalue weighted by molar-refractivity contribution is 5.98. The van der Waals surface area contributed by atoms with Crippen LogP contribution in [0.4, 0.5) is 11.5 Å². The largest absolute Gasteiger partial charge is 0.459 e. The van der Waals surface area contributed by atoms with Gasteiger partial charge >= 0.3 is 0 Å². The lowest BCUT2D eigenvalue weighted by molar-refractivity contribution is 0.0815. The first-order valence-corrected chi connectivity index (χ1v) is 14.4. The molecule has 3 aromatic heterocycles. The second kappa shape index (κ2) is 10.6. The Morgan fingerprint density at radius 1 is 0.925 bits per heavy atom. The lowest BCUT2D eigenvalue weighted by atomic mass is 9.90. The van der Waals surface area contributed by atoms with Crippen LogP contribution in [0.5, 0.6) is 0 Å². The molecule has 4 heterocycles. The molecule has 0 atom stereocenters. The standard InChI is InChI=1S/C31H36N8O/c1-37-13-15-38(16-14-37)24-9-11-25(12-10-24)39-31-28(30(32)34-20-35-31)29(36-39)22-6-4-7-23(17-22)33-19-26-18-21-5-2-3-8-27(21)40-26/h2-8,17-18,20,24-25,33H,9-16,19H2,1H3,(H2,32,34,35). The van der Waals surface area contributed by atoms with Crippen molar-refractivity contribution in [2.45, 2.75) is 44.3 Å². The fourth-order valence-corrected chi connectivity index (χ4v) is 6.40. The highest BCUT2D eigenvalue weighted by Gasteiger charge is 2.30. The maximum absolute atomic E-state index is 6.43. The van der Waals surface area contributed by atoms with E-state index in [0.717, 1.165) is 70.6 Å². The average molecular weight is 537 g/mol. The van der Waals surface area contributed by atoms with E-state index < -0.39 is 0 Å². The summed E-state index contributed by atoms with van der Waals surface area (Å²) < 4.78 is 8.11. The molecule has 1 saturated heterocycles. The van der Waals surface area contributed by atoms with Crippen LogP contribution in [-0.4, -0.2) is 68.8 Å². The van der Waals surface area contributed by atoms with Gasteiger partial charge in [-0.05, 0) is 57.0 Å². The molecular formula is C31H36N8O. The number of benzene rings is 2. The maximum atomic E-state index is 6.43. The summed E-state index contributed by atoms with van der Waals surface area (Å²) in [5, 5.41) is 10.6. The van der Waals surface area contributed by atoms with Crippen molar-refractivity contribution >= 4 is 33.5 Å². The highest BCUT2D eigenvalue weighted by Crippen LogP contribution is 2.37. The van der Waals surface area contributed by atoms with Gasteiger partial charge in [0.15, 0.2) is 5.65 Å². The Morgan fingerprint density at radius 2 is 1.73 bits per heavy atom.